The number of aromatic nitrogens is 6. The second-order valence-electron chi connectivity index (χ2n) is 19.5. The number of halogens is 2. The molecule has 10 rings (SSSR count). The molecule has 2 atom stereocenters. The number of carbonyl (C=O) groups is 2. The highest BCUT2D eigenvalue weighted by molar-refractivity contribution is 6.04. The van der Waals surface area contributed by atoms with Crippen LogP contribution in [0.5, 0.6) is 0 Å². The quantitative estimate of drug-likeness (QED) is 0.0248. The minimum absolute atomic E-state index is 0. The third-order valence-corrected chi connectivity index (χ3v) is 13.1. The number of hydrogen-bond donors (Lipinski definition) is 8. The van der Waals surface area contributed by atoms with Crippen LogP contribution in [0.3, 0.4) is 0 Å². The van der Waals surface area contributed by atoms with Crippen molar-refractivity contribution in [2.24, 2.45) is 29.0 Å². The van der Waals surface area contributed by atoms with Gasteiger partial charge in [-0.05, 0) is 166 Å². The van der Waals surface area contributed by atoms with Gasteiger partial charge in [-0.15, -0.1) is 0 Å². The lowest BCUT2D eigenvalue weighted by Gasteiger charge is -2.20. The Labute approximate surface area is 466 Å². The number of nitrogens with two attached hydrogens (primary N) is 3. The summed E-state index contributed by atoms with van der Waals surface area (Å²) in [6, 6.07) is 38.2. The Balaban J connectivity index is 0.000000204. The molecule has 0 aliphatic heterocycles. The zero-order valence-electron chi connectivity index (χ0n) is 44.4. The Morgan fingerprint density at radius 3 is 1.52 bits per heavy atom. The van der Waals surface area contributed by atoms with Crippen LogP contribution in [0.4, 0.5) is 25.8 Å². The molecule has 2 aliphatic rings. The fraction of sp³-hybridized carbons (Fsp3) is 0.295. The van der Waals surface area contributed by atoms with Crippen molar-refractivity contribution in [3.63, 3.8) is 0 Å². The molecule has 4 aromatic heterocycles. The topological polar surface area (TPSA) is 238 Å². The number of nitrogens with zero attached hydrogens (tertiary/aromatic N) is 7. The van der Waals surface area contributed by atoms with Gasteiger partial charge in [0.1, 0.15) is 23.0 Å². The maximum atomic E-state index is 14.9. The molecule has 80 heavy (non-hydrogen) atoms. The molecule has 0 bridgehead atoms. The molecule has 2 aliphatic carbocycles. The Morgan fingerprint density at radius 2 is 1.10 bits per heavy atom. The molecule has 0 spiro atoms. The monoisotopic (exact) mass is 1080 g/mol. The van der Waals surface area contributed by atoms with Gasteiger partial charge in [0.15, 0.2) is 5.69 Å². The lowest BCUT2D eigenvalue weighted by atomic mass is 10.0. The normalized spacial score (nSPS) is 13.3. The van der Waals surface area contributed by atoms with Crippen molar-refractivity contribution in [3.05, 3.63) is 220 Å². The van der Waals surface area contributed by atoms with Crippen LogP contribution in [0.25, 0.3) is 16.2 Å². The number of rotatable bonds is 21. The molecule has 4 heterocycles. The maximum absolute atomic E-state index is 14.9. The third-order valence-electron chi connectivity index (χ3n) is 13.1. The van der Waals surface area contributed by atoms with Crippen LogP contribution < -0.4 is 43.8 Å². The molecule has 2 amide bonds. The largest absolute Gasteiger partial charge is 0.329 e. The van der Waals surface area contributed by atoms with Gasteiger partial charge in [-0.25, -0.2) is 23.0 Å². The highest BCUT2D eigenvalue weighted by Crippen LogP contribution is 2.33. The molecule has 2 unspecified atom stereocenters. The van der Waals surface area contributed by atoms with Gasteiger partial charge in [-0.3, -0.25) is 19.6 Å². The zero-order chi connectivity index (χ0) is 55.7. The van der Waals surface area contributed by atoms with Gasteiger partial charge in [-0.2, -0.15) is 10.2 Å². The zero-order valence-corrected chi connectivity index (χ0v) is 44.4. The molecular weight excluding hydrogens is 1010 g/mol. The molecule has 11 N–H and O–H groups in total. The van der Waals surface area contributed by atoms with Gasteiger partial charge in [-0.1, -0.05) is 56.0 Å². The summed E-state index contributed by atoms with van der Waals surface area (Å²) in [6.45, 7) is 16.1. The first-order chi connectivity index (χ1) is 38.4. The number of amides is 2. The van der Waals surface area contributed by atoms with E-state index in [1.54, 1.807) is 84.7 Å². The van der Waals surface area contributed by atoms with Crippen molar-refractivity contribution in [1.82, 2.24) is 45.5 Å². The number of carbonyl (C=O) groups excluding carboxylic acids is 2. The van der Waals surface area contributed by atoms with Crippen molar-refractivity contribution in [3.8, 4) is 11.4 Å². The Kier molecular flexibility index (Phi) is 21.5. The summed E-state index contributed by atoms with van der Waals surface area (Å²) in [5.74, 6) is -0.683. The molecular formula is C61H71F2N15O2. The first kappa shape index (κ1) is 59.3. The first-order valence-corrected chi connectivity index (χ1v) is 26.5. The predicted octanol–water partition coefficient (Wildman–Crippen LogP) is 9.25. The Hall–Kier alpha value is -8.35. The van der Waals surface area contributed by atoms with E-state index in [4.69, 9.17) is 23.8 Å². The van der Waals surface area contributed by atoms with Gasteiger partial charge in [0.2, 0.25) is 0 Å². The third kappa shape index (κ3) is 16.4. The fourth-order valence-corrected chi connectivity index (χ4v) is 8.66. The maximum Gasteiger partial charge on any atom is 0.274 e. The van der Waals surface area contributed by atoms with Crippen LogP contribution in [0.1, 0.15) is 106 Å². The summed E-state index contributed by atoms with van der Waals surface area (Å²) in [7, 11) is 0. The molecule has 17 nitrogen and oxygen atoms in total. The van der Waals surface area contributed by atoms with E-state index in [2.05, 4.69) is 51.6 Å². The molecule has 8 aromatic rings. The SMILES string of the molecule is C.Cc1cc(C(=O)Nc2cc(C(NCC3CC3)c3ccccn3)ccc2F)n(-c2cccc(CN)c2)n1.NCCNCCN.[C-]#[N+]c1cccc(-n2nc(C)cc2C(=O)Nc2cc(C(NCC3CC3)c3ccccn3)ccc2F)c1. The fourth-order valence-electron chi connectivity index (χ4n) is 8.66. The average molecular weight is 1080 g/mol. The smallest absolute Gasteiger partial charge is 0.274 e. The van der Waals surface area contributed by atoms with E-state index in [0.717, 1.165) is 54.3 Å². The van der Waals surface area contributed by atoms with Crippen molar-refractivity contribution < 1.29 is 18.4 Å². The van der Waals surface area contributed by atoms with Crippen LogP contribution in [-0.4, -0.2) is 80.6 Å². The van der Waals surface area contributed by atoms with E-state index in [-0.39, 0.29) is 36.6 Å². The van der Waals surface area contributed by atoms with Crippen molar-refractivity contribution in [2.75, 3.05) is 49.9 Å². The van der Waals surface area contributed by atoms with Crippen molar-refractivity contribution >= 4 is 28.9 Å². The summed E-state index contributed by atoms with van der Waals surface area (Å²) >= 11 is 0. The van der Waals surface area contributed by atoms with Crippen LogP contribution in [0, 0.1) is 43.9 Å². The van der Waals surface area contributed by atoms with E-state index in [9.17, 15) is 18.4 Å². The van der Waals surface area contributed by atoms with Gasteiger partial charge >= 0.3 is 0 Å². The molecule has 19 heteroatoms. The molecule has 4 aromatic carbocycles. The summed E-state index contributed by atoms with van der Waals surface area (Å²) in [4.78, 5) is 39.0. The predicted molar refractivity (Wildman–Crippen MR) is 311 cm³/mol. The van der Waals surface area contributed by atoms with Crippen molar-refractivity contribution in [1.29, 1.82) is 0 Å². The second-order valence-corrected chi connectivity index (χ2v) is 19.5. The summed E-state index contributed by atoms with van der Waals surface area (Å²) in [6.07, 6.45) is 8.33. The summed E-state index contributed by atoms with van der Waals surface area (Å²) in [5.41, 5.74) is 24.1. The minimum atomic E-state index is -0.535. The first-order valence-electron chi connectivity index (χ1n) is 26.5. The number of nitrogens with one attached hydrogen (secondary N) is 5. The molecule has 2 fully saturated rings. The average Bonchev–Trinajstić information content (AvgIpc) is 4.45. The van der Waals surface area contributed by atoms with Crippen LogP contribution in [-0.2, 0) is 6.54 Å². The van der Waals surface area contributed by atoms with E-state index in [1.165, 1.54) is 42.5 Å². The van der Waals surface area contributed by atoms with Crippen LogP contribution >= 0.6 is 0 Å². The summed E-state index contributed by atoms with van der Waals surface area (Å²) < 4.78 is 32.8. The van der Waals surface area contributed by atoms with E-state index in [1.807, 2.05) is 67.6 Å². The summed E-state index contributed by atoms with van der Waals surface area (Å²) in [5, 5.41) is 24.5. The number of pyridine rings is 2. The van der Waals surface area contributed by atoms with Gasteiger partial charge in [0, 0.05) is 45.1 Å². The lowest BCUT2D eigenvalue weighted by molar-refractivity contribution is 0.101. The Morgan fingerprint density at radius 1 is 0.625 bits per heavy atom. The van der Waals surface area contributed by atoms with Gasteiger partial charge in [0.25, 0.3) is 11.8 Å². The lowest BCUT2D eigenvalue weighted by Crippen LogP contribution is -2.27. The van der Waals surface area contributed by atoms with Gasteiger partial charge < -0.3 is 43.8 Å². The Bertz CT molecular complexity index is 3330. The molecule has 2 saturated carbocycles. The van der Waals surface area contributed by atoms with E-state index in [0.29, 0.717) is 65.6 Å². The highest BCUT2D eigenvalue weighted by Gasteiger charge is 2.27. The number of benzene rings is 4. The van der Waals surface area contributed by atoms with Crippen LogP contribution in [0.15, 0.2) is 146 Å². The molecule has 0 saturated heterocycles. The standard InChI is InChI=1S/C28H25FN6O.C28H29FN6O.C4H13N3.CH4/c1-18-14-26(35(34-18)22-7-5-6-21(16-22)30-2)28(36)33-25-15-20(11-12-23(25)29)27(32-17-19-9-10-19)24-8-3-4-13-31-24;1-18-13-26(35(34-18)22-6-4-5-20(14-22)16-30)28(36)33-25-15-21(10-11-23(25)29)27(32-17-19-8-9-19)24-7-2-3-12-31-24;5-1-3-7-4-2-6;/h3-8,11-16,19,27,32H,9-10,17H2,1H3,(H,33,36);2-7,10-15,19,27,32H,8-9,16-17,30H2,1H3,(H,33,36);7H,1-6H2;1H4. The number of aryl methyl sites for hydroxylation is 2. The highest BCUT2D eigenvalue weighted by atomic mass is 19.1. The van der Waals surface area contributed by atoms with Crippen LogP contribution in [0.2, 0.25) is 0 Å². The molecule has 0 radical (unpaired) electrons. The van der Waals surface area contributed by atoms with Gasteiger partial charge in [0.05, 0.1) is 64.2 Å². The minimum Gasteiger partial charge on any atom is -0.329 e. The van der Waals surface area contributed by atoms with E-state index >= 15 is 0 Å². The molecule has 416 valence electrons. The van der Waals surface area contributed by atoms with E-state index < -0.39 is 23.4 Å². The number of anilines is 2. The van der Waals surface area contributed by atoms with Crippen molar-refractivity contribution in [2.45, 2.75) is 65.6 Å². The number of hydrogen-bond acceptors (Lipinski definition) is 12. The second kappa shape index (κ2) is 29.0.